The maximum Gasteiger partial charge on any atom is 0.411 e. The Kier molecular flexibility index (Phi) is 8.99. The number of nitrogens with one attached hydrogen (secondary N) is 2. The van der Waals surface area contributed by atoms with Gasteiger partial charge in [0.05, 0.1) is 6.54 Å². The van der Waals surface area contributed by atoms with Crippen molar-refractivity contribution in [3.8, 4) is 5.75 Å². The molecule has 0 atom stereocenters. The minimum absolute atomic E-state index is 0.0417. The van der Waals surface area contributed by atoms with Gasteiger partial charge in [-0.3, -0.25) is 4.99 Å². The van der Waals surface area contributed by atoms with Gasteiger partial charge in [-0.15, -0.1) is 0 Å². The number of rotatable bonds is 9. The summed E-state index contributed by atoms with van der Waals surface area (Å²) in [5.41, 5.74) is 1.17. The van der Waals surface area contributed by atoms with Crippen LogP contribution in [0.25, 0.3) is 0 Å². The van der Waals surface area contributed by atoms with Gasteiger partial charge in [0.2, 0.25) is 0 Å². The van der Waals surface area contributed by atoms with Gasteiger partial charge in [0.25, 0.3) is 0 Å². The van der Waals surface area contributed by atoms with Gasteiger partial charge in [-0.1, -0.05) is 17.7 Å². The van der Waals surface area contributed by atoms with Gasteiger partial charge in [-0.2, -0.15) is 13.2 Å². The average Bonchev–Trinajstić information content (AvgIpc) is 2.53. The monoisotopic (exact) mass is 347 g/mol. The number of hydrogen-bond acceptors (Lipinski definition) is 3. The highest BCUT2D eigenvalue weighted by Crippen LogP contribution is 2.14. The predicted molar refractivity (Wildman–Crippen MR) is 87.5 cm³/mol. The molecule has 0 aromatic heterocycles. The van der Waals surface area contributed by atoms with Crippen molar-refractivity contribution in [1.29, 1.82) is 0 Å². The first-order valence-electron chi connectivity index (χ1n) is 7.69. The Labute approximate surface area is 140 Å². The fraction of sp³-hybridized carbons (Fsp3) is 0.562. The van der Waals surface area contributed by atoms with Gasteiger partial charge in [0.1, 0.15) is 19.0 Å². The first-order valence-corrected chi connectivity index (χ1v) is 7.69. The fourth-order valence-corrected chi connectivity index (χ4v) is 1.76. The van der Waals surface area contributed by atoms with E-state index >= 15 is 0 Å². The second kappa shape index (κ2) is 10.7. The average molecular weight is 347 g/mol. The number of halogens is 3. The summed E-state index contributed by atoms with van der Waals surface area (Å²) in [6, 6.07) is 7.76. The van der Waals surface area contributed by atoms with Crippen LogP contribution in [0, 0.1) is 6.92 Å². The highest BCUT2D eigenvalue weighted by atomic mass is 19.4. The number of alkyl halides is 3. The van der Waals surface area contributed by atoms with E-state index < -0.39 is 12.8 Å². The van der Waals surface area contributed by atoms with Gasteiger partial charge in [0, 0.05) is 20.2 Å². The van der Waals surface area contributed by atoms with Crippen LogP contribution in [0.4, 0.5) is 13.2 Å². The maximum atomic E-state index is 11.9. The van der Waals surface area contributed by atoms with Crippen molar-refractivity contribution >= 4 is 5.96 Å². The molecule has 0 fully saturated rings. The van der Waals surface area contributed by atoms with Gasteiger partial charge >= 0.3 is 6.18 Å². The fourth-order valence-electron chi connectivity index (χ4n) is 1.76. The van der Waals surface area contributed by atoms with Crippen LogP contribution in [0.3, 0.4) is 0 Å². The van der Waals surface area contributed by atoms with Crippen LogP contribution in [-0.2, 0) is 4.74 Å². The van der Waals surface area contributed by atoms with Crippen molar-refractivity contribution in [3.63, 3.8) is 0 Å². The smallest absolute Gasteiger partial charge is 0.411 e. The molecule has 0 unspecified atom stereocenters. The molecule has 0 bridgehead atoms. The normalized spacial score (nSPS) is 12.1. The van der Waals surface area contributed by atoms with Gasteiger partial charge in [-0.25, -0.2) is 0 Å². The topological polar surface area (TPSA) is 54.9 Å². The predicted octanol–water partition coefficient (Wildman–Crippen LogP) is 2.51. The number of guanidine groups is 1. The molecule has 1 rings (SSSR count). The quantitative estimate of drug-likeness (QED) is 0.409. The zero-order chi connectivity index (χ0) is 17.8. The molecule has 5 nitrogen and oxygen atoms in total. The van der Waals surface area contributed by atoms with E-state index in [2.05, 4.69) is 20.4 Å². The molecule has 0 aliphatic carbocycles. The standard InChI is InChI=1S/C16H24F3N3O2/c1-13-4-6-14(7-5-13)24-11-9-22-15(20-2)21-8-3-10-23-12-16(17,18)19/h4-7H,3,8-12H2,1-2H3,(H2,20,21,22). The summed E-state index contributed by atoms with van der Waals surface area (Å²) in [6.45, 7) is 2.33. The summed E-state index contributed by atoms with van der Waals surface area (Å²) < 4.78 is 45.7. The number of hydrogen-bond donors (Lipinski definition) is 2. The number of aryl methyl sites for hydroxylation is 1. The Balaban J connectivity index is 2.07. The molecule has 136 valence electrons. The number of nitrogens with zero attached hydrogens (tertiary/aromatic N) is 1. The van der Waals surface area contributed by atoms with Crippen LogP contribution in [0.2, 0.25) is 0 Å². The van der Waals surface area contributed by atoms with Gasteiger partial charge in [0.15, 0.2) is 5.96 Å². The minimum atomic E-state index is -4.28. The molecule has 1 aromatic rings. The van der Waals surface area contributed by atoms with E-state index in [1.165, 1.54) is 5.56 Å². The lowest BCUT2D eigenvalue weighted by atomic mass is 10.2. The van der Waals surface area contributed by atoms with Crippen molar-refractivity contribution in [2.24, 2.45) is 4.99 Å². The van der Waals surface area contributed by atoms with Crippen LogP contribution in [-0.4, -0.2) is 52.1 Å². The van der Waals surface area contributed by atoms with E-state index in [-0.39, 0.29) is 6.61 Å². The molecule has 0 radical (unpaired) electrons. The van der Waals surface area contributed by atoms with Crippen LogP contribution in [0.5, 0.6) is 5.75 Å². The SMILES string of the molecule is CN=C(NCCCOCC(F)(F)F)NCCOc1ccc(C)cc1. The zero-order valence-corrected chi connectivity index (χ0v) is 13.9. The lowest BCUT2D eigenvalue weighted by Crippen LogP contribution is -2.40. The molecule has 0 saturated carbocycles. The van der Waals surface area contributed by atoms with Gasteiger partial charge in [-0.05, 0) is 25.5 Å². The van der Waals surface area contributed by atoms with Crippen LogP contribution in [0.1, 0.15) is 12.0 Å². The van der Waals surface area contributed by atoms with Crippen molar-refractivity contribution in [2.45, 2.75) is 19.5 Å². The Hall–Kier alpha value is -1.96. The lowest BCUT2D eigenvalue weighted by molar-refractivity contribution is -0.173. The van der Waals surface area contributed by atoms with Crippen molar-refractivity contribution in [1.82, 2.24) is 10.6 Å². The molecule has 0 heterocycles. The first kappa shape index (κ1) is 20.1. The molecular weight excluding hydrogens is 323 g/mol. The van der Waals surface area contributed by atoms with E-state index in [9.17, 15) is 13.2 Å². The summed E-state index contributed by atoms with van der Waals surface area (Å²) in [5, 5.41) is 6.05. The molecule has 24 heavy (non-hydrogen) atoms. The maximum absolute atomic E-state index is 11.9. The summed E-state index contributed by atoms with van der Waals surface area (Å²) in [6.07, 6.45) is -3.82. The molecule has 0 aliphatic heterocycles. The summed E-state index contributed by atoms with van der Waals surface area (Å²) in [5.74, 6) is 1.37. The molecule has 0 aliphatic rings. The largest absolute Gasteiger partial charge is 0.492 e. The summed E-state index contributed by atoms with van der Waals surface area (Å²) in [4.78, 5) is 4.02. The Morgan fingerprint density at radius 3 is 2.38 bits per heavy atom. The Morgan fingerprint density at radius 1 is 1.08 bits per heavy atom. The van der Waals surface area contributed by atoms with E-state index in [4.69, 9.17) is 4.74 Å². The van der Waals surface area contributed by atoms with Crippen molar-refractivity contribution < 1.29 is 22.6 Å². The zero-order valence-electron chi connectivity index (χ0n) is 13.9. The molecule has 0 amide bonds. The summed E-state index contributed by atoms with van der Waals surface area (Å²) >= 11 is 0. The molecule has 0 saturated heterocycles. The number of benzene rings is 1. The van der Waals surface area contributed by atoms with E-state index in [0.29, 0.717) is 32.1 Å². The highest BCUT2D eigenvalue weighted by molar-refractivity contribution is 5.79. The minimum Gasteiger partial charge on any atom is -0.492 e. The van der Waals surface area contributed by atoms with Gasteiger partial charge < -0.3 is 20.1 Å². The third kappa shape index (κ3) is 9.94. The number of ether oxygens (including phenoxy) is 2. The Morgan fingerprint density at radius 2 is 1.75 bits per heavy atom. The second-order valence-electron chi connectivity index (χ2n) is 5.11. The Bertz CT molecular complexity index is 490. The molecule has 2 N–H and O–H groups in total. The first-order chi connectivity index (χ1) is 11.4. The molecule has 8 heteroatoms. The molecule has 1 aromatic carbocycles. The van der Waals surface area contributed by atoms with Crippen LogP contribution in [0.15, 0.2) is 29.3 Å². The van der Waals surface area contributed by atoms with Crippen molar-refractivity contribution in [3.05, 3.63) is 29.8 Å². The van der Waals surface area contributed by atoms with E-state index in [0.717, 1.165) is 5.75 Å². The molecular formula is C16H24F3N3O2. The van der Waals surface area contributed by atoms with E-state index in [1.54, 1.807) is 7.05 Å². The lowest BCUT2D eigenvalue weighted by Gasteiger charge is -2.13. The van der Waals surface area contributed by atoms with Crippen molar-refractivity contribution in [2.75, 3.05) is 40.0 Å². The third-order valence-electron chi connectivity index (χ3n) is 2.93. The van der Waals surface area contributed by atoms with Crippen LogP contribution < -0.4 is 15.4 Å². The molecule has 0 spiro atoms. The number of aliphatic imine (C=N–C) groups is 1. The summed E-state index contributed by atoms with van der Waals surface area (Å²) in [7, 11) is 1.62. The van der Waals surface area contributed by atoms with E-state index in [1.807, 2.05) is 31.2 Å². The highest BCUT2D eigenvalue weighted by Gasteiger charge is 2.27. The van der Waals surface area contributed by atoms with Crippen LogP contribution >= 0.6 is 0 Å². The third-order valence-corrected chi connectivity index (χ3v) is 2.93. The second-order valence-corrected chi connectivity index (χ2v) is 5.11.